The molecular formula is C37H45N3O2. The minimum atomic E-state index is -0.687. The Kier molecular flexibility index (Phi) is 11.2. The predicted octanol–water partition coefficient (Wildman–Crippen LogP) is 9.68. The summed E-state index contributed by atoms with van der Waals surface area (Å²) in [6.07, 6.45) is 13.0. The molecule has 0 unspecified atom stereocenters. The van der Waals surface area contributed by atoms with Crippen molar-refractivity contribution in [1.82, 2.24) is 0 Å². The molecule has 0 aliphatic carbocycles. The summed E-state index contributed by atoms with van der Waals surface area (Å²) < 4.78 is 11.8. The molecule has 0 atom stereocenters. The van der Waals surface area contributed by atoms with Crippen molar-refractivity contribution in [1.29, 1.82) is 5.26 Å². The van der Waals surface area contributed by atoms with E-state index < -0.39 is 5.60 Å². The zero-order valence-electron chi connectivity index (χ0n) is 26.6. The lowest BCUT2D eigenvalue weighted by atomic mass is 9.94. The maximum Gasteiger partial charge on any atom is 0.236 e. The second kappa shape index (κ2) is 14.6. The SMILES string of the molecule is [C-]#[N+]C1=C(/C=C/c2cc(C)c(/C=C/c3ccc(N(CCCC)CCCC)cc3OC)cc2C)C(C)(C)O/C1=C(\C)C#N. The Morgan fingerprint density at radius 3 is 2.07 bits per heavy atom. The van der Waals surface area contributed by atoms with Gasteiger partial charge in [-0.25, -0.2) is 4.85 Å². The molecule has 5 nitrogen and oxygen atoms in total. The fourth-order valence-corrected chi connectivity index (χ4v) is 5.14. The second-order valence-corrected chi connectivity index (χ2v) is 11.4. The molecule has 2 aromatic carbocycles. The highest BCUT2D eigenvalue weighted by atomic mass is 16.5. The van der Waals surface area contributed by atoms with Crippen molar-refractivity contribution >= 4 is 23.9 Å². The van der Waals surface area contributed by atoms with Gasteiger partial charge in [0.1, 0.15) is 17.1 Å². The molecule has 0 aromatic heterocycles. The van der Waals surface area contributed by atoms with Crippen LogP contribution >= 0.6 is 0 Å². The van der Waals surface area contributed by atoms with Gasteiger partial charge in [0.25, 0.3) is 0 Å². The molecule has 220 valence electrons. The number of nitrogens with zero attached hydrogens (tertiary/aromatic N) is 3. The average Bonchev–Trinajstić information content (AvgIpc) is 3.25. The highest BCUT2D eigenvalue weighted by Gasteiger charge is 2.37. The molecule has 0 saturated heterocycles. The van der Waals surface area contributed by atoms with Crippen LogP contribution in [0.25, 0.3) is 23.1 Å². The first-order valence-electron chi connectivity index (χ1n) is 14.9. The lowest BCUT2D eigenvalue weighted by Crippen LogP contribution is -2.25. The third kappa shape index (κ3) is 7.54. The number of aryl methyl sites for hydroxylation is 2. The summed E-state index contributed by atoms with van der Waals surface area (Å²) >= 11 is 0. The van der Waals surface area contributed by atoms with Crippen LogP contribution in [0.2, 0.25) is 0 Å². The van der Waals surface area contributed by atoms with E-state index in [1.54, 1.807) is 14.0 Å². The van der Waals surface area contributed by atoms with E-state index in [9.17, 15) is 5.26 Å². The van der Waals surface area contributed by atoms with Crippen LogP contribution in [0.4, 0.5) is 5.69 Å². The van der Waals surface area contributed by atoms with Crippen molar-refractivity contribution in [3.63, 3.8) is 0 Å². The van der Waals surface area contributed by atoms with Crippen LogP contribution in [-0.4, -0.2) is 25.8 Å². The topological polar surface area (TPSA) is 49.9 Å². The van der Waals surface area contributed by atoms with E-state index in [0.717, 1.165) is 52.2 Å². The third-order valence-electron chi connectivity index (χ3n) is 7.77. The molecule has 0 bridgehead atoms. The largest absolute Gasteiger partial charge is 0.496 e. The van der Waals surface area contributed by atoms with Crippen molar-refractivity contribution < 1.29 is 9.47 Å². The lowest BCUT2D eigenvalue weighted by molar-refractivity contribution is 0.0948. The van der Waals surface area contributed by atoms with Crippen molar-refractivity contribution in [2.45, 2.75) is 79.8 Å². The predicted molar refractivity (Wildman–Crippen MR) is 176 cm³/mol. The van der Waals surface area contributed by atoms with Gasteiger partial charge in [0.2, 0.25) is 5.70 Å². The van der Waals surface area contributed by atoms with Crippen molar-refractivity contribution in [2.75, 3.05) is 25.1 Å². The Morgan fingerprint density at radius 1 is 0.976 bits per heavy atom. The van der Waals surface area contributed by atoms with E-state index in [1.807, 2.05) is 26.0 Å². The van der Waals surface area contributed by atoms with Gasteiger partial charge in [-0.3, -0.25) is 0 Å². The zero-order chi connectivity index (χ0) is 30.9. The number of unbranched alkanes of at least 4 members (excludes halogenated alkanes) is 2. The molecule has 42 heavy (non-hydrogen) atoms. The number of rotatable bonds is 12. The third-order valence-corrected chi connectivity index (χ3v) is 7.77. The summed E-state index contributed by atoms with van der Waals surface area (Å²) in [6.45, 7) is 24.1. The molecule has 0 N–H and O–H groups in total. The van der Waals surface area contributed by atoms with Crippen molar-refractivity contribution in [3.05, 3.63) is 98.2 Å². The monoisotopic (exact) mass is 563 g/mol. The fraction of sp³-hybridized carbons (Fsp3) is 0.405. The minimum Gasteiger partial charge on any atom is -0.496 e. The number of allylic oxidation sites excluding steroid dienone is 1. The normalized spacial score (nSPS) is 15.6. The minimum absolute atomic E-state index is 0.378. The van der Waals surface area contributed by atoms with E-state index in [1.165, 1.54) is 31.4 Å². The number of methoxy groups -OCH3 is 1. The van der Waals surface area contributed by atoms with E-state index in [4.69, 9.17) is 16.0 Å². The second-order valence-electron chi connectivity index (χ2n) is 11.4. The molecule has 0 spiro atoms. The summed E-state index contributed by atoms with van der Waals surface area (Å²) in [6, 6.07) is 13.0. The first-order valence-corrected chi connectivity index (χ1v) is 14.9. The van der Waals surface area contributed by atoms with Crippen molar-refractivity contribution in [3.8, 4) is 11.8 Å². The lowest BCUT2D eigenvalue weighted by Gasteiger charge is -2.25. The molecule has 3 rings (SSSR count). The molecule has 5 heteroatoms. The molecular weight excluding hydrogens is 518 g/mol. The maximum atomic E-state index is 9.36. The Bertz CT molecular complexity index is 1480. The zero-order valence-corrected chi connectivity index (χ0v) is 26.6. The van der Waals surface area contributed by atoms with Gasteiger partial charge in [-0.15, -0.1) is 0 Å². The number of hydrogen-bond acceptors (Lipinski definition) is 4. The highest BCUT2D eigenvalue weighted by Crippen LogP contribution is 2.41. The van der Waals surface area contributed by atoms with E-state index in [-0.39, 0.29) is 0 Å². The summed E-state index contributed by atoms with van der Waals surface area (Å²) in [5.41, 5.74) is 7.68. The summed E-state index contributed by atoms with van der Waals surface area (Å²) in [4.78, 5) is 6.18. The Morgan fingerprint density at radius 2 is 1.55 bits per heavy atom. The number of benzene rings is 2. The van der Waals surface area contributed by atoms with Crippen LogP contribution in [0.5, 0.6) is 5.75 Å². The van der Waals surface area contributed by atoms with Gasteiger partial charge in [-0.2, -0.15) is 5.26 Å². The molecule has 0 saturated carbocycles. The molecule has 0 amide bonds. The first-order chi connectivity index (χ1) is 20.1. The van der Waals surface area contributed by atoms with Gasteiger partial charge >= 0.3 is 0 Å². The summed E-state index contributed by atoms with van der Waals surface area (Å²) in [5, 5.41) is 9.36. The van der Waals surface area contributed by atoms with Crippen LogP contribution in [0, 0.1) is 31.8 Å². The Hall–Kier alpha value is -4.22. The summed E-state index contributed by atoms with van der Waals surface area (Å²) in [5.74, 6) is 1.25. The molecule has 1 heterocycles. The van der Waals surface area contributed by atoms with Crippen LogP contribution in [-0.2, 0) is 4.74 Å². The molecule has 2 aromatic rings. The number of nitriles is 1. The molecule has 1 aliphatic rings. The first kappa shape index (κ1) is 32.3. The standard InChI is InChI=1S/C37H45N3O2/c1-10-12-20-40(21-13-11-2)32-18-16-29(34(24-32)41-9)14-15-30-22-27(4)31(23-26(30)3)17-19-33-35(39-8)36(28(5)25-38)42-37(33,6)7/h14-19,22-24H,10-13,20-21H2,1-7,9H3/b15-14+,19-17+,36-28+. The number of ether oxygens (including phenoxy) is 2. The van der Waals surface area contributed by atoms with Crippen molar-refractivity contribution in [2.24, 2.45) is 0 Å². The van der Waals surface area contributed by atoms with E-state index in [0.29, 0.717) is 17.0 Å². The van der Waals surface area contributed by atoms with E-state index >= 15 is 0 Å². The van der Waals surface area contributed by atoms with Crippen LogP contribution in [0.15, 0.2) is 59.0 Å². The van der Waals surface area contributed by atoms with Crippen LogP contribution in [0.3, 0.4) is 0 Å². The number of hydrogen-bond donors (Lipinski definition) is 0. The van der Waals surface area contributed by atoms with Crippen LogP contribution in [0.1, 0.15) is 88.1 Å². The fourth-order valence-electron chi connectivity index (χ4n) is 5.14. The average molecular weight is 564 g/mol. The Balaban J connectivity index is 1.89. The van der Waals surface area contributed by atoms with Gasteiger partial charge in [0.15, 0.2) is 0 Å². The summed E-state index contributed by atoms with van der Waals surface area (Å²) in [7, 11) is 1.74. The maximum absolute atomic E-state index is 9.36. The Labute approximate surface area is 253 Å². The quantitative estimate of drug-likeness (QED) is 0.147. The molecule has 0 radical (unpaired) electrons. The van der Waals surface area contributed by atoms with Gasteiger partial charge in [-0.1, -0.05) is 63.1 Å². The van der Waals surface area contributed by atoms with E-state index in [2.05, 4.69) is 86.0 Å². The van der Waals surface area contributed by atoms with Gasteiger partial charge in [0.05, 0.1) is 25.3 Å². The van der Waals surface area contributed by atoms with Gasteiger partial charge < -0.3 is 14.4 Å². The molecule has 1 aliphatic heterocycles. The van der Waals surface area contributed by atoms with Crippen LogP contribution < -0.4 is 9.64 Å². The highest BCUT2D eigenvalue weighted by molar-refractivity contribution is 5.76. The number of anilines is 1. The smallest absolute Gasteiger partial charge is 0.236 e. The van der Waals surface area contributed by atoms with Gasteiger partial charge in [-0.05, 0) is 81.8 Å². The van der Waals surface area contributed by atoms with Gasteiger partial charge in [0, 0.05) is 36.0 Å². The molecule has 0 fully saturated rings.